The molecule has 0 spiro atoms. The third-order valence-corrected chi connectivity index (χ3v) is 4.30. The van der Waals surface area contributed by atoms with Gasteiger partial charge in [-0.3, -0.25) is 4.90 Å². The van der Waals surface area contributed by atoms with Crippen LogP contribution in [-0.4, -0.2) is 75.4 Å². The van der Waals surface area contributed by atoms with Crippen molar-refractivity contribution >= 4 is 0 Å². The Morgan fingerprint density at radius 1 is 1.47 bits per heavy atom. The fourth-order valence-electron chi connectivity index (χ4n) is 2.84. The molecule has 2 unspecified atom stereocenters. The molecule has 2 atom stereocenters. The molecule has 4 heteroatoms. The molecule has 1 fully saturated rings. The normalized spacial score (nSPS) is 22.3. The number of nitrogens with one attached hydrogen (secondary N) is 1. The molecule has 0 radical (unpaired) electrons. The van der Waals surface area contributed by atoms with Gasteiger partial charge in [0.15, 0.2) is 0 Å². The van der Waals surface area contributed by atoms with Crippen molar-refractivity contribution in [3.63, 3.8) is 0 Å². The van der Waals surface area contributed by atoms with Gasteiger partial charge in [-0.2, -0.15) is 0 Å². The summed E-state index contributed by atoms with van der Waals surface area (Å²) in [5, 5.41) is 3.52. The maximum absolute atomic E-state index is 5.05. The van der Waals surface area contributed by atoms with Crippen LogP contribution < -0.4 is 5.32 Å². The van der Waals surface area contributed by atoms with Gasteiger partial charge in [-0.25, -0.2) is 0 Å². The predicted molar refractivity (Wildman–Crippen MR) is 81.7 cm³/mol. The minimum atomic E-state index is 0.599. The minimum Gasteiger partial charge on any atom is -0.385 e. The van der Waals surface area contributed by atoms with E-state index in [4.69, 9.17) is 4.74 Å². The summed E-state index contributed by atoms with van der Waals surface area (Å²) in [5.74, 6) is 0. The van der Waals surface area contributed by atoms with Crippen LogP contribution in [0.25, 0.3) is 0 Å². The summed E-state index contributed by atoms with van der Waals surface area (Å²) in [5.41, 5.74) is 0. The van der Waals surface area contributed by atoms with E-state index in [1.165, 1.54) is 32.5 Å². The van der Waals surface area contributed by atoms with Crippen molar-refractivity contribution in [3.05, 3.63) is 0 Å². The highest BCUT2D eigenvalue weighted by Gasteiger charge is 2.25. The largest absolute Gasteiger partial charge is 0.385 e. The molecule has 0 aromatic carbocycles. The molecule has 1 aliphatic rings. The third kappa shape index (κ3) is 6.21. The monoisotopic (exact) mass is 271 g/mol. The van der Waals surface area contributed by atoms with E-state index in [0.29, 0.717) is 6.04 Å². The first-order chi connectivity index (χ1) is 9.19. The summed E-state index contributed by atoms with van der Waals surface area (Å²) >= 11 is 0. The second-order valence-corrected chi connectivity index (χ2v) is 5.76. The van der Waals surface area contributed by atoms with Crippen molar-refractivity contribution in [1.82, 2.24) is 15.1 Å². The Morgan fingerprint density at radius 2 is 2.26 bits per heavy atom. The van der Waals surface area contributed by atoms with Crippen molar-refractivity contribution in [3.8, 4) is 0 Å². The Morgan fingerprint density at radius 3 is 2.95 bits per heavy atom. The number of methoxy groups -OCH3 is 1. The molecule has 0 bridgehead atoms. The molecule has 0 saturated carbocycles. The molecule has 19 heavy (non-hydrogen) atoms. The Bertz CT molecular complexity index is 225. The lowest BCUT2D eigenvalue weighted by molar-refractivity contribution is 0.166. The second kappa shape index (κ2) is 9.70. The van der Waals surface area contributed by atoms with Crippen molar-refractivity contribution in [2.75, 3.05) is 53.5 Å². The third-order valence-electron chi connectivity index (χ3n) is 4.30. The van der Waals surface area contributed by atoms with Gasteiger partial charge in [0.2, 0.25) is 0 Å². The molecule has 1 rings (SSSR count). The zero-order chi connectivity index (χ0) is 14.1. The van der Waals surface area contributed by atoms with Crippen LogP contribution in [0.15, 0.2) is 0 Å². The SMILES string of the molecule is CCN1CCCC1CN(C)C(C)CNCCCOC. The van der Waals surface area contributed by atoms with Crippen molar-refractivity contribution in [2.24, 2.45) is 0 Å². The standard InChI is InChI=1S/C15H33N3O/c1-5-18-10-6-8-15(18)13-17(3)14(2)12-16-9-7-11-19-4/h14-16H,5-13H2,1-4H3. The van der Waals surface area contributed by atoms with Crippen LogP contribution in [0.2, 0.25) is 0 Å². The Balaban J connectivity index is 2.15. The molecule has 114 valence electrons. The van der Waals surface area contributed by atoms with Gasteiger partial charge in [-0.15, -0.1) is 0 Å². The lowest BCUT2D eigenvalue weighted by atomic mass is 10.2. The number of likely N-dealkylation sites (tertiary alicyclic amines) is 1. The van der Waals surface area contributed by atoms with Gasteiger partial charge < -0.3 is 15.0 Å². The molecule has 1 N–H and O–H groups in total. The number of ether oxygens (including phenoxy) is 1. The summed E-state index contributed by atoms with van der Waals surface area (Å²) in [6.07, 6.45) is 3.83. The van der Waals surface area contributed by atoms with Crippen LogP contribution in [0.4, 0.5) is 0 Å². The van der Waals surface area contributed by atoms with E-state index < -0.39 is 0 Å². The summed E-state index contributed by atoms with van der Waals surface area (Å²) < 4.78 is 5.05. The van der Waals surface area contributed by atoms with Gasteiger partial charge in [0.1, 0.15) is 0 Å². The van der Waals surface area contributed by atoms with Crippen LogP contribution in [0.1, 0.15) is 33.1 Å². The molecule has 1 saturated heterocycles. The number of nitrogens with zero attached hydrogens (tertiary/aromatic N) is 2. The predicted octanol–water partition coefficient (Wildman–Crippen LogP) is 1.42. The van der Waals surface area contributed by atoms with Crippen LogP contribution in [-0.2, 0) is 4.74 Å². The summed E-state index contributed by atoms with van der Waals surface area (Å²) in [6, 6.07) is 1.37. The molecule has 0 amide bonds. The number of likely N-dealkylation sites (N-methyl/N-ethyl adjacent to an activating group) is 2. The van der Waals surface area contributed by atoms with Crippen molar-refractivity contribution in [1.29, 1.82) is 0 Å². The first-order valence-corrected chi connectivity index (χ1v) is 7.83. The highest BCUT2D eigenvalue weighted by atomic mass is 16.5. The molecule has 0 aliphatic carbocycles. The first kappa shape index (κ1) is 16.9. The van der Waals surface area contributed by atoms with E-state index in [9.17, 15) is 0 Å². The topological polar surface area (TPSA) is 27.7 Å². The number of hydrogen-bond donors (Lipinski definition) is 1. The highest BCUT2D eigenvalue weighted by molar-refractivity contribution is 4.82. The molecule has 1 aliphatic heterocycles. The van der Waals surface area contributed by atoms with E-state index in [1.54, 1.807) is 7.11 Å². The minimum absolute atomic E-state index is 0.599. The van der Waals surface area contributed by atoms with E-state index in [0.717, 1.165) is 32.2 Å². The maximum atomic E-state index is 5.05. The zero-order valence-electron chi connectivity index (χ0n) is 13.3. The Kier molecular flexibility index (Phi) is 8.62. The fourth-order valence-corrected chi connectivity index (χ4v) is 2.84. The van der Waals surface area contributed by atoms with Gasteiger partial charge in [0.25, 0.3) is 0 Å². The lowest BCUT2D eigenvalue weighted by Crippen LogP contribution is -2.45. The molecule has 4 nitrogen and oxygen atoms in total. The van der Waals surface area contributed by atoms with Gasteiger partial charge in [0.05, 0.1) is 0 Å². The molecular formula is C15H33N3O. The van der Waals surface area contributed by atoms with Gasteiger partial charge in [-0.1, -0.05) is 6.92 Å². The number of rotatable bonds is 10. The first-order valence-electron chi connectivity index (χ1n) is 7.83. The van der Waals surface area contributed by atoms with Gasteiger partial charge in [-0.05, 0) is 52.9 Å². The van der Waals surface area contributed by atoms with Gasteiger partial charge in [0, 0.05) is 38.9 Å². The molecule has 0 aromatic heterocycles. The molecular weight excluding hydrogens is 238 g/mol. The maximum Gasteiger partial charge on any atom is 0.0474 e. The van der Waals surface area contributed by atoms with E-state index in [1.807, 2.05) is 0 Å². The Labute approximate surface area is 119 Å². The summed E-state index contributed by atoms with van der Waals surface area (Å²) in [4.78, 5) is 5.12. The fraction of sp³-hybridized carbons (Fsp3) is 1.00. The van der Waals surface area contributed by atoms with Gasteiger partial charge >= 0.3 is 0 Å². The molecule has 0 aromatic rings. The summed E-state index contributed by atoms with van der Waals surface area (Å²) in [6.45, 7) is 11.3. The average Bonchev–Trinajstić information content (AvgIpc) is 2.85. The highest BCUT2D eigenvalue weighted by Crippen LogP contribution is 2.17. The van der Waals surface area contributed by atoms with Crippen molar-refractivity contribution < 1.29 is 4.74 Å². The average molecular weight is 271 g/mol. The second-order valence-electron chi connectivity index (χ2n) is 5.76. The number of hydrogen-bond acceptors (Lipinski definition) is 4. The van der Waals surface area contributed by atoms with E-state index >= 15 is 0 Å². The summed E-state index contributed by atoms with van der Waals surface area (Å²) in [7, 11) is 4.02. The van der Waals surface area contributed by atoms with Crippen LogP contribution in [0.3, 0.4) is 0 Å². The van der Waals surface area contributed by atoms with Crippen LogP contribution >= 0.6 is 0 Å². The quantitative estimate of drug-likeness (QED) is 0.608. The van der Waals surface area contributed by atoms with Crippen molar-refractivity contribution in [2.45, 2.75) is 45.2 Å². The zero-order valence-corrected chi connectivity index (χ0v) is 13.3. The Hall–Kier alpha value is -0.160. The van der Waals surface area contributed by atoms with E-state index in [2.05, 4.69) is 36.0 Å². The molecule has 1 heterocycles. The smallest absolute Gasteiger partial charge is 0.0474 e. The van der Waals surface area contributed by atoms with Crippen LogP contribution in [0, 0.1) is 0 Å². The van der Waals surface area contributed by atoms with Crippen LogP contribution in [0.5, 0.6) is 0 Å². The van der Waals surface area contributed by atoms with E-state index in [-0.39, 0.29) is 0 Å². The lowest BCUT2D eigenvalue weighted by Gasteiger charge is -2.31.